The minimum Gasteiger partial charge on any atom is -0.480 e. The molecule has 0 aliphatic heterocycles. The Labute approximate surface area is 104 Å². The van der Waals surface area contributed by atoms with Crippen LogP contribution in [0.4, 0.5) is 0 Å². The van der Waals surface area contributed by atoms with E-state index in [-0.39, 0.29) is 5.91 Å². The number of carbonyl (C=O) groups is 1. The van der Waals surface area contributed by atoms with Gasteiger partial charge in [0.2, 0.25) is 5.88 Å². The van der Waals surface area contributed by atoms with E-state index < -0.39 is 0 Å². The third kappa shape index (κ3) is 2.45. The van der Waals surface area contributed by atoms with Crippen molar-refractivity contribution in [2.45, 2.75) is 6.54 Å². The Hall–Kier alpha value is -2.44. The first-order valence-electron chi connectivity index (χ1n) is 5.31. The van der Waals surface area contributed by atoms with E-state index in [2.05, 4.69) is 20.2 Å². The van der Waals surface area contributed by atoms with Crippen molar-refractivity contribution in [1.82, 2.24) is 25.1 Å². The Morgan fingerprint density at radius 3 is 3.00 bits per heavy atom. The third-order valence-corrected chi connectivity index (χ3v) is 2.39. The first-order chi connectivity index (χ1) is 8.72. The van der Waals surface area contributed by atoms with E-state index >= 15 is 0 Å². The average molecular weight is 247 g/mol. The van der Waals surface area contributed by atoms with Crippen LogP contribution < -0.4 is 4.74 Å². The van der Waals surface area contributed by atoms with Crippen LogP contribution in [0.1, 0.15) is 16.2 Å². The zero-order chi connectivity index (χ0) is 13.0. The predicted molar refractivity (Wildman–Crippen MR) is 63.0 cm³/mol. The quantitative estimate of drug-likeness (QED) is 0.849. The normalized spacial score (nSPS) is 10.1. The lowest BCUT2D eigenvalue weighted by atomic mass is 10.2. The number of pyridine rings is 1. The lowest BCUT2D eigenvalue weighted by Crippen LogP contribution is -2.27. The lowest BCUT2D eigenvalue weighted by molar-refractivity contribution is 0.0777. The molecule has 2 rings (SSSR count). The molecule has 7 heteroatoms. The SMILES string of the molecule is COc1ncccc1C(=O)N(C)Cc1ncn[nH]1. The molecule has 0 radical (unpaired) electrons. The van der Waals surface area contributed by atoms with Crippen LogP contribution in [0.3, 0.4) is 0 Å². The van der Waals surface area contributed by atoms with Crippen molar-refractivity contribution in [3.8, 4) is 5.88 Å². The maximum Gasteiger partial charge on any atom is 0.259 e. The summed E-state index contributed by atoms with van der Waals surface area (Å²) in [5.74, 6) is 0.747. The van der Waals surface area contributed by atoms with Gasteiger partial charge in [0.25, 0.3) is 5.91 Å². The third-order valence-electron chi connectivity index (χ3n) is 2.39. The van der Waals surface area contributed by atoms with Crippen LogP contribution in [0.5, 0.6) is 5.88 Å². The maximum atomic E-state index is 12.2. The number of nitrogens with one attached hydrogen (secondary N) is 1. The molecule has 0 aliphatic rings. The van der Waals surface area contributed by atoms with Crippen molar-refractivity contribution >= 4 is 5.91 Å². The highest BCUT2D eigenvalue weighted by atomic mass is 16.5. The minimum absolute atomic E-state index is 0.184. The molecule has 0 atom stereocenters. The molecule has 0 saturated carbocycles. The second-order valence-electron chi connectivity index (χ2n) is 3.65. The Bertz CT molecular complexity index is 526. The van der Waals surface area contributed by atoms with Gasteiger partial charge in [0, 0.05) is 13.2 Å². The lowest BCUT2D eigenvalue weighted by Gasteiger charge is -2.16. The summed E-state index contributed by atoms with van der Waals surface area (Å²) in [4.78, 5) is 21.7. The summed E-state index contributed by atoms with van der Waals surface area (Å²) < 4.78 is 5.06. The largest absolute Gasteiger partial charge is 0.480 e. The molecule has 0 fully saturated rings. The van der Waals surface area contributed by atoms with E-state index in [0.717, 1.165) is 0 Å². The highest BCUT2D eigenvalue weighted by Gasteiger charge is 2.17. The van der Waals surface area contributed by atoms with Crippen LogP contribution in [-0.4, -0.2) is 45.1 Å². The highest BCUT2D eigenvalue weighted by Crippen LogP contribution is 2.16. The molecule has 1 N–H and O–H groups in total. The maximum absolute atomic E-state index is 12.2. The molecule has 2 aromatic heterocycles. The van der Waals surface area contributed by atoms with Gasteiger partial charge in [-0.2, -0.15) is 5.10 Å². The van der Waals surface area contributed by atoms with Gasteiger partial charge in [-0.05, 0) is 12.1 Å². The summed E-state index contributed by atoms with van der Waals surface area (Å²) in [5.41, 5.74) is 0.419. The molecule has 0 aliphatic carbocycles. The van der Waals surface area contributed by atoms with Crippen LogP contribution in [0.2, 0.25) is 0 Å². The molecule has 0 spiro atoms. The van der Waals surface area contributed by atoms with Gasteiger partial charge in [0.15, 0.2) is 0 Å². The van der Waals surface area contributed by atoms with Gasteiger partial charge in [-0.25, -0.2) is 9.97 Å². The molecule has 2 heterocycles. The number of hydrogen-bond acceptors (Lipinski definition) is 5. The smallest absolute Gasteiger partial charge is 0.259 e. The number of H-pyrrole nitrogens is 1. The van der Waals surface area contributed by atoms with Crippen LogP contribution in [-0.2, 0) is 6.54 Å². The zero-order valence-corrected chi connectivity index (χ0v) is 10.1. The molecule has 0 bridgehead atoms. The molecular weight excluding hydrogens is 234 g/mol. The van der Waals surface area contributed by atoms with Crippen LogP contribution in [0.25, 0.3) is 0 Å². The molecule has 1 amide bonds. The number of ether oxygens (including phenoxy) is 1. The standard InChI is InChI=1S/C11H13N5O2/c1-16(6-9-13-7-14-15-9)11(17)8-4-3-5-12-10(8)18-2/h3-5,7H,6H2,1-2H3,(H,13,14,15). The molecule has 0 unspecified atom stereocenters. The van der Waals surface area contributed by atoms with Crippen molar-refractivity contribution in [2.24, 2.45) is 0 Å². The van der Waals surface area contributed by atoms with E-state index in [4.69, 9.17) is 4.74 Å². The molecule has 94 valence electrons. The number of aromatic nitrogens is 4. The van der Waals surface area contributed by atoms with Gasteiger partial charge < -0.3 is 9.64 Å². The summed E-state index contributed by atoms with van der Waals surface area (Å²) in [5, 5.41) is 6.43. The number of hydrogen-bond donors (Lipinski definition) is 1. The summed E-state index contributed by atoms with van der Waals surface area (Å²) in [7, 11) is 3.16. The van der Waals surface area contributed by atoms with E-state index in [9.17, 15) is 4.79 Å². The van der Waals surface area contributed by atoms with Gasteiger partial charge in [-0.15, -0.1) is 0 Å². The number of aromatic amines is 1. The predicted octanol–water partition coefficient (Wildman–Crippen LogP) is 0.480. The summed E-state index contributed by atoms with van der Waals surface area (Å²) >= 11 is 0. The summed E-state index contributed by atoms with van der Waals surface area (Å²) in [6.45, 7) is 0.344. The fourth-order valence-corrected chi connectivity index (χ4v) is 1.53. The topological polar surface area (TPSA) is 84.0 Å². The van der Waals surface area contributed by atoms with E-state index in [0.29, 0.717) is 23.8 Å². The van der Waals surface area contributed by atoms with E-state index in [1.807, 2.05) is 0 Å². The number of nitrogens with zero attached hydrogens (tertiary/aromatic N) is 4. The number of rotatable bonds is 4. The number of methoxy groups -OCH3 is 1. The van der Waals surface area contributed by atoms with Gasteiger partial charge in [0.1, 0.15) is 17.7 Å². The van der Waals surface area contributed by atoms with Gasteiger partial charge >= 0.3 is 0 Å². The van der Waals surface area contributed by atoms with Crippen molar-refractivity contribution in [3.05, 3.63) is 36.0 Å². The van der Waals surface area contributed by atoms with Gasteiger partial charge in [0.05, 0.1) is 13.7 Å². The fourth-order valence-electron chi connectivity index (χ4n) is 1.53. The molecule has 7 nitrogen and oxygen atoms in total. The number of amides is 1. The van der Waals surface area contributed by atoms with Crippen LogP contribution in [0, 0.1) is 0 Å². The van der Waals surface area contributed by atoms with Crippen LogP contribution in [0.15, 0.2) is 24.7 Å². The number of carbonyl (C=O) groups excluding carboxylic acids is 1. The van der Waals surface area contributed by atoms with E-state index in [1.165, 1.54) is 18.3 Å². The van der Waals surface area contributed by atoms with Crippen molar-refractivity contribution in [2.75, 3.05) is 14.2 Å². The Kier molecular flexibility index (Phi) is 3.52. The van der Waals surface area contributed by atoms with Gasteiger partial charge in [-0.3, -0.25) is 9.89 Å². The highest BCUT2D eigenvalue weighted by molar-refractivity contribution is 5.96. The molecular formula is C11H13N5O2. The summed E-state index contributed by atoms with van der Waals surface area (Å²) in [6, 6.07) is 3.36. The second-order valence-corrected chi connectivity index (χ2v) is 3.65. The first-order valence-corrected chi connectivity index (χ1v) is 5.31. The Morgan fingerprint density at radius 1 is 1.50 bits per heavy atom. The Balaban J connectivity index is 2.15. The molecule has 0 saturated heterocycles. The van der Waals surface area contributed by atoms with Crippen LogP contribution >= 0.6 is 0 Å². The van der Waals surface area contributed by atoms with Crippen molar-refractivity contribution in [1.29, 1.82) is 0 Å². The molecule has 18 heavy (non-hydrogen) atoms. The zero-order valence-electron chi connectivity index (χ0n) is 10.1. The average Bonchev–Trinajstić information content (AvgIpc) is 2.90. The first kappa shape index (κ1) is 12.0. The van der Waals surface area contributed by atoms with E-state index in [1.54, 1.807) is 25.4 Å². The van der Waals surface area contributed by atoms with Gasteiger partial charge in [-0.1, -0.05) is 0 Å². The fraction of sp³-hybridized carbons (Fsp3) is 0.273. The Morgan fingerprint density at radius 2 is 2.33 bits per heavy atom. The molecule has 0 aromatic carbocycles. The second kappa shape index (κ2) is 5.26. The molecule has 2 aromatic rings. The monoisotopic (exact) mass is 247 g/mol. The van der Waals surface area contributed by atoms with Crippen molar-refractivity contribution < 1.29 is 9.53 Å². The minimum atomic E-state index is -0.184. The van der Waals surface area contributed by atoms with Crippen molar-refractivity contribution in [3.63, 3.8) is 0 Å². The summed E-state index contributed by atoms with van der Waals surface area (Å²) in [6.07, 6.45) is 2.98.